The van der Waals surface area contributed by atoms with Crippen LogP contribution >= 0.6 is 0 Å². The number of H-pyrrole nitrogens is 1. The van der Waals surface area contributed by atoms with Crippen molar-refractivity contribution in [1.29, 1.82) is 0 Å². The zero-order chi connectivity index (χ0) is 21.5. The van der Waals surface area contributed by atoms with Crippen LogP contribution in [0.3, 0.4) is 0 Å². The standard InChI is InChI=1S/C21H23N5O4/c1-13-19(21(27)23-15-7-10-17(29-3)18(11-15)30-4)20(26-24-13)25-22-12-14-5-8-16(28-2)9-6-14/h5-12H,1-4H3,(H,23,27)(H2,24,25,26)/b22-12+. The van der Waals surface area contributed by atoms with Crippen molar-refractivity contribution in [2.45, 2.75) is 6.92 Å². The van der Waals surface area contributed by atoms with Gasteiger partial charge in [-0.1, -0.05) is 0 Å². The van der Waals surface area contributed by atoms with E-state index >= 15 is 0 Å². The molecule has 2 aromatic carbocycles. The Morgan fingerprint density at radius 3 is 2.43 bits per heavy atom. The monoisotopic (exact) mass is 409 g/mol. The lowest BCUT2D eigenvalue weighted by atomic mass is 10.2. The number of aryl methyl sites for hydroxylation is 1. The molecule has 0 spiro atoms. The Balaban J connectivity index is 1.73. The smallest absolute Gasteiger partial charge is 0.261 e. The highest BCUT2D eigenvalue weighted by Crippen LogP contribution is 2.30. The predicted molar refractivity (Wildman–Crippen MR) is 115 cm³/mol. The van der Waals surface area contributed by atoms with Crippen molar-refractivity contribution < 1.29 is 19.0 Å². The van der Waals surface area contributed by atoms with Gasteiger partial charge in [0.25, 0.3) is 5.91 Å². The van der Waals surface area contributed by atoms with Crippen LogP contribution in [0.15, 0.2) is 47.6 Å². The Morgan fingerprint density at radius 2 is 1.77 bits per heavy atom. The number of aromatic nitrogens is 2. The molecule has 3 N–H and O–H groups in total. The normalized spacial score (nSPS) is 10.7. The van der Waals surface area contributed by atoms with Crippen LogP contribution in [0.1, 0.15) is 21.6 Å². The number of nitrogens with one attached hydrogen (secondary N) is 3. The molecule has 0 unspecified atom stereocenters. The van der Waals surface area contributed by atoms with E-state index in [1.54, 1.807) is 45.6 Å². The summed E-state index contributed by atoms with van der Waals surface area (Å²) in [6.07, 6.45) is 1.62. The van der Waals surface area contributed by atoms with Gasteiger partial charge >= 0.3 is 0 Å². The molecule has 3 rings (SSSR count). The lowest BCUT2D eigenvalue weighted by Gasteiger charge is -2.11. The summed E-state index contributed by atoms with van der Waals surface area (Å²) in [7, 11) is 4.70. The molecule has 0 radical (unpaired) electrons. The van der Waals surface area contributed by atoms with Gasteiger partial charge in [-0.15, -0.1) is 0 Å². The van der Waals surface area contributed by atoms with Crippen LogP contribution < -0.4 is 25.0 Å². The summed E-state index contributed by atoms with van der Waals surface area (Å²) in [6, 6.07) is 12.5. The molecule has 3 aromatic rings. The summed E-state index contributed by atoms with van der Waals surface area (Å²) in [4.78, 5) is 12.8. The van der Waals surface area contributed by atoms with Gasteiger partial charge < -0.3 is 19.5 Å². The number of rotatable bonds is 8. The Hall–Kier alpha value is -4.01. The Labute approximate surface area is 174 Å². The van der Waals surface area contributed by atoms with Gasteiger partial charge in [-0.3, -0.25) is 15.3 Å². The summed E-state index contributed by atoms with van der Waals surface area (Å²) >= 11 is 0. The lowest BCUT2D eigenvalue weighted by molar-refractivity contribution is 0.102. The molecule has 9 heteroatoms. The number of benzene rings is 2. The zero-order valence-corrected chi connectivity index (χ0v) is 17.1. The SMILES string of the molecule is COc1ccc(/C=N/Nc2n[nH]c(C)c2C(=O)Nc2ccc(OC)c(OC)c2)cc1. The maximum atomic E-state index is 12.8. The molecular weight excluding hydrogens is 386 g/mol. The van der Waals surface area contributed by atoms with E-state index < -0.39 is 0 Å². The molecular formula is C21H23N5O4. The molecule has 0 aliphatic rings. The van der Waals surface area contributed by atoms with Crippen molar-refractivity contribution in [1.82, 2.24) is 10.2 Å². The number of amides is 1. The highest BCUT2D eigenvalue weighted by atomic mass is 16.5. The summed E-state index contributed by atoms with van der Waals surface area (Å²) in [5.41, 5.74) is 5.20. The van der Waals surface area contributed by atoms with Gasteiger partial charge in [0.15, 0.2) is 17.3 Å². The fraction of sp³-hybridized carbons (Fsp3) is 0.190. The number of aromatic amines is 1. The van der Waals surface area contributed by atoms with E-state index in [0.717, 1.165) is 11.3 Å². The average Bonchev–Trinajstić information content (AvgIpc) is 3.14. The minimum Gasteiger partial charge on any atom is -0.497 e. The van der Waals surface area contributed by atoms with E-state index in [2.05, 4.69) is 26.0 Å². The number of hydrazone groups is 1. The molecule has 0 aliphatic heterocycles. The molecule has 30 heavy (non-hydrogen) atoms. The second-order valence-electron chi connectivity index (χ2n) is 6.24. The first-order valence-electron chi connectivity index (χ1n) is 9.07. The third-order valence-electron chi connectivity index (χ3n) is 4.32. The topological polar surface area (TPSA) is 110 Å². The summed E-state index contributed by atoms with van der Waals surface area (Å²) in [5.74, 6) is 1.83. The van der Waals surface area contributed by atoms with Crippen molar-refractivity contribution in [3.8, 4) is 17.2 Å². The number of hydrogen-bond donors (Lipinski definition) is 3. The van der Waals surface area contributed by atoms with E-state index in [0.29, 0.717) is 34.3 Å². The Kier molecular flexibility index (Phi) is 6.53. The van der Waals surface area contributed by atoms with Crippen molar-refractivity contribution in [3.05, 3.63) is 59.3 Å². The number of hydrogen-bond acceptors (Lipinski definition) is 7. The fourth-order valence-corrected chi connectivity index (χ4v) is 2.75. The molecule has 156 valence electrons. The van der Waals surface area contributed by atoms with Crippen molar-refractivity contribution in [3.63, 3.8) is 0 Å². The van der Waals surface area contributed by atoms with Gasteiger partial charge in [0.1, 0.15) is 11.3 Å². The van der Waals surface area contributed by atoms with E-state index in [4.69, 9.17) is 14.2 Å². The minimum absolute atomic E-state index is 0.315. The van der Waals surface area contributed by atoms with Crippen LogP contribution in [0.25, 0.3) is 0 Å². The van der Waals surface area contributed by atoms with Crippen LogP contribution in [0.4, 0.5) is 11.5 Å². The van der Waals surface area contributed by atoms with E-state index in [9.17, 15) is 4.79 Å². The molecule has 0 atom stereocenters. The lowest BCUT2D eigenvalue weighted by Crippen LogP contribution is -2.14. The first-order valence-corrected chi connectivity index (χ1v) is 9.07. The number of carbonyl (C=O) groups is 1. The number of carbonyl (C=O) groups excluding carboxylic acids is 1. The molecule has 0 saturated carbocycles. The average molecular weight is 409 g/mol. The first-order chi connectivity index (χ1) is 14.5. The van der Waals surface area contributed by atoms with Crippen LogP contribution in [0, 0.1) is 6.92 Å². The van der Waals surface area contributed by atoms with E-state index in [1.165, 1.54) is 7.11 Å². The van der Waals surface area contributed by atoms with Gasteiger partial charge in [0.2, 0.25) is 0 Å². The zero-order valence-electron chi connectivity index (χ0n) is 17.1. The number of anilines is 2. The van der Waals surface area contributed by atoms with Gasteiger partial charge in [-0.25, -0.2) is 0 Å². The number of ether oxygens (including phenoxy) is 3. The molecule has 0 aliphatic carbocycles. The molecule has 0 saturated heterocycles. The maximum absolute atomic E-state index is 12.8. The van der Waals surface area contributed by atoms with Crippen molar-refractivity contribution >= 4 is 23.6 Å². The summed E-state index contributed by atoms with van der Waals surface area (Å²) in [6.45, 7) is 1.76. The minimum atomic E-state index is -0.337. The maximum Gasteiger partial charge on any atom is 0.261 e. The molecule has 9 nitrogen and oxygen atoms in total. The summed E-state index contributed by atoms with van der Waals surface area (Å²) < 4.78 is 15.6. The van der Waals surface area contributed by atoms with Crippen molar-refractivity contribution in [2.24, 2.45) is 5.10 Å². The quantitative estimate of drug-likeness (QED) is 0.388. The second-order valence-corrected chi connectivity index (χ2v) is 6.24. The summed E-state index contributed by atoms with van der Waals surface area (Å²) in [5, 5.41) is 13.9. The molecule has 1 amide bonds. The Bertz CT molecular complexity index is 1040. The van der Waals surface area contributed by atoms with Gasteiger partial charge in [0.05, 0.1) is 27.5 Å². The third-order valence-corrected chi connectivity index (χ3v) is 4.32. The Morgan fingerprint density at radius 1 is 1.03 bits per heavy atom. The van der Waals surface area contributed by atoms with Gasteiger partial charge in [0, 0.05) is 17.4 Å². The molecule has 0 bridgehead atoms. The van der Waals surface area contributed by atoms with Crippen LogP contribution in [0.2, 0.25) is 0 Å². The number of nitrogens with zero attached hydrogens (tertiary/aromatic N) is 2. The molecule has 1 aromatic heterocycles. The molecule has 0 fully saturated rings. The van der Waals surface area contributed by atoms with Crippen LogP contribution in [0.5, 0.6) is 17.2 Å². The van der Waals surface area contributed by atoms with Crippen LogP contribution in [-0.2, 0) is 0 Å². The fourth-order valence-electron chi connectivity index (χ4n) is 2.75. The van der Waals surface area contributed by atoms with Gasteiger partial charge in [-0.2, -0.15) is 10.2 Å². The highest BCUT2D eigenvalue weighted by Gasteiger charge is 2.19. The number of methoxy groups -OCH3 is 3. The largest absolute Gasteiger partial charge is 0.497 e. The first kappa shape index (κ1) is 20.7. The second kappa shape index (κ2) is 9.46. The molecule has 1 heterocycles. The predicted octanol–water partition coefficient (Wildman–Crippen LogP) is 3.44. The van der Waals surface area contributed by atoms with Gasteiger partial charge in [-0.05, 0) is 48.9 Å². The third kappa shape index (κ3) is 4.69. The highest BCUT2D eigenvalue weighted by molar-refractivity contribution is 6.08. The van der Waals surface area contributed by atoms with E-state index in [-0.39, 0.29) is 5.91 Å². The van der Waals surface area contributed by atoms with Crippen LogP contribution in [-0.4, -0.2) is 43.6 Å². The van der Waals surface area contributed by atoms with E-state index in [1.807, 2.05) is 24.3 Å². The van der Waals surface area contributed by atoms with Crippen molar-refractivity contribution in [2.75, 3.05) is 32.1 Å².